The van der Waals surface area contributed by atoms with Crippen LogP contribution >= 0.6 is 0 Å². The molecule has 1 atom stereocenters. The summed E-state index contributed by atoms with van der Waals surface area (Å²) in [6.45, 7) is 0.267. The zero-order valence-electron chi connectivity index (χ0n) is 18.6. The van der Waals surface area contributed by atoms with E-state index in [2.05, 4.69) is 36.4 Å². The highest BCUT2D eigenvalue weighted by molar-refractivity contribution is 6.21. The number of carbonyl (C=O) groups is 2. The fraction of sp³-hybridized carbons (Fsp3) is 0.133. The van der Waals surface area contributed by atoms with Gasteiger partial charge in [0.1, 0.15) is 5.60 Å². The summed E-state index contributed by atoms with van der Waals surface area (Å²) in [4.78, 5) is 27.5. The predicted octanol–water partition coefficient (Wildman–Crippen LogP) is 5.54. The van der Waals surface area contributed by atoms with Crippen LogP contribution in [0, 0.1) is 0 Å². The summed E-state index contributed by atoms with van der Waals surface area (Å²) >= 11 is 0. The van der Waals surface area contributed by atoms with Crippen LogP contribution < -0.4 is 0 Å². The SMILES string of the molecule is O=C1c2ccccc2C(=O)N1CCC1(c2ccccc2)OC1(c1ccccc1)c1ccccc1. The van der Waals surface area contributed by atoms with E-state index < -0.39 is 11.2 Å². The molecule has 4 aromatic carbocycles. The lowest BCUT2D eigenvalue weighted by Crippen LogP contribution is -2.35. The van der Waals surface area contributed by atoms with Crippen molar-refractivity contribution in [3.63, 3.8) is 0 Å². The van der Waals surface area contributed by atoms with Crippen LogP contribution in [0.5, 0.6) is 0 Å². The van der Waals surface area contributed by atoms with E-state index in [1.54, 1.807) is 24.3 Å². The minimum atomic E-state index is -0.716. The van der Waals surface area contributed by atoms with Crippen LogP contribution in [-0.4, -0.2) is 23.3 Å². The third kappa shape index (κ3) is 2.89. The Hall–Kier alpha value is -4.02. The molecule has 2 aliphatic rings. The Morgan fingerprint density at radius 2 is 0.971 bits per heavy atom. The van der Waals surface area contributed by atoms with Crippen LogP contribution in [-0.2, 0) is 15.9 Å². The highest BCUT2D eigenvalue weighted by Gasteiger charge is 2.72. The van der Waals surface area contributed by atoms with Crippen LogP contribution in [0.3, 0.4) is 0 Å². The topological polar surface area (TPSA) is 49.9 Å². The summed E-state index contributed by atoms with van der Waals surface area (Å²) in [6, 6.07) is 37.5. The first-order valence-electron chi connectivity index (χ1n) is 11.5. The first kappa shape index (κ1) is 20.6. The van der Waals surface area contributed by atoms with Gasteiger partial charge in [0.05, 0.1) is 11.1 Å². The monoisotopic (exact) mass is 445 g/mol. The summed E-state index contributed by atoms with van der Waals surface area (Å²) in [5.41, 5.74) is 2.63. The molecule has 4 nitrogen and oxygen atoms in total. The number of rotatable bonds is 6. The normalized spacial score (nSPS) is 20.3. The van der Waals surface area contributed by atoms with Gasteiger partial charge in [-0.25, -0.2) is 0 Å². The van der Waals surface area contributed by atoms with Gasteiger partial charge in [-0.15, -0.1) is 0 Å². The number of hydrogen-bond donors (Lipinski definition) is 0. The van der Waals surface area contributed by atoms with Crippen molar-refractivity contribution in [1.82, 2.24) is 4.90 Å². The maximum Gasteiger partial charge on any atom is 0.261 e. The Balaban J connectivity index is 1.43. The molecule has 0 aromatic heterocycles. The second kappa shape index (κ2) is 7.79. The third-order valence-corrected chi connectivity index (χ3v) is 7.02. The van der Waals surface area contributed by atoms with Crippen molar-refractivity contribution in [2.24, 2.45) is 0 Å². The van der Waals surface area contributed by atoms with Gasteiger partial charge in [-0.2, -0.15) is 0 Å². The maximum atomic E-state index is 13.0. The van der Waals surface area contributed by atoms with Crippen molar-refractivity contribution < 1.29 is 14.3 Å². The second-order valence-electron chi connectivity index (χ2n) is 8.77. The molecule has 0 aliphatic carbocycles. The molecule has 34 heavy (non-hydrogen) atoms. The molecule has 1 unspecified atom stereocenters. The summed E-state index contributed by atoms with van der Waals surface area (Å²) in [6.07, 6.45) is 0.478. The van der Waals surface area contributed by atoms with Crippen LogP contribution in [0.25, 0.3) is 0 Å². The lowest BCUT2D eigenvalue weighted by Gasteiger charge is -2.24. The van der Waals surface area contributed by atoms with Crippen LogP contribution in [0.15, 0.2) is 115 Å². The zero-order valence-corrected chi connectivity index (χ0v) is 18.6. The minimum Gasteiger partial charge on any atom is -0.347 e. The average molecular weight is 446 g/mol. The van der Waals surface area contributed by atoms with Gasteiger partial charge in [-0.05, 0) is 28.8 Å². The number of hydrogen-bond acceptors (Lipinski definition) is 3. The molecule has 1 saturated heterocycles. The van der Waals surface area contributed by atoms with E-state index in [4.69, 9.17) is 4.74 Å². The third-order valence-electron chi connectivity index (χ3n) is 7.02. The second-order valence-corrected chi connectivity index (χ2v) is 8.77. The molecule has 0 bridgehead atoms. The van der Waals surface area contributed by atoms with Gasteiger partial charge in [0.15, 0.2) is 5.60 Å². The van der Waals surface area contributed by atoms with E-state index in [1.165, 1.54) is 4.90 Å². The number of fused-ring (bicyclic) bond motifs is 1. The molecule has 1 fully saturated rings. The number of carbonyl (C=O) groups excluding carboxylic acids is 2. The molecule has 2 heterocycles. The van der Waals surface area contributed by atoms with E-state index in [0.29, 0.717) is 17.5 Å². The van der Waals surface area contributed by atoms with Crippen LogP contribution in [0.2, 0.25) is 0 Å². The molecule has 6 rings (SSSR count). The Morgan fingerprint density at radius 1 is 0.559 bits per heavy atom. The van der Waals surface area contributed by atoms with Gasteiger partial charge in [0.2, 0.25) is 0 Å². The summed E-state index contributed by atoms with van der Waals surface area (Å²) in [5, 5.41) is 0. The van der Waals surface area contributed by atoms with Crippen molar-refractivity contribution in [2.75, 3.05) is 6.54 Å². The largest absolute Gasteiger partial charge is 0.347 e. The Labute approximate surface area is 198 Å². The smallest absolute Gasteiger partial charge is 0.261 e. The minimum absolute atomic E-state index is 0.241. The predicted molar refractivity (Wildman–Crippen MR) is 129 cm³/mol. The van der Waals surface area contributed by atoms with Gasteiger partial charge in [-0.3, -0.25) is 14.5 Å². The number of nitrogens with zero attached hydrogens (tertiary/aromatic N) is 1. The molecule has 0 saturated carbocycles. The van der Waals surface area contributed by atoms with Crippen molar-refractivity contribution in [3.05, 3.63) is 143 Å². The van der Waals surface area contributed by atoms with Crippen molar-refractivity contribution in [3.8, 4) is 0 Å². The average Bonchev–Trinajstić information content (AvgIpc) is 3.55. The summed E-state index contributed by atoms with van der Waals surface area (Å²) in [5.74, 6) is -0.482. The highest BCUT2D eigenvalue weighted by atomic mass is 16.6. The van der Waals surface area contributed by atoms with Crippen LogP contribution in [0.1, 0.15) is 43.8 Å². The quantitative estimate of drug-likeness (QED) is 0.289. The van der Waals surface area contributed by atoms with Crippen molar-refractivity contribution >= 4 is 11.8 Å². The molecule has 0 radical (unpaired) electrons. The lowest BCUT2D eigenvalue weighted by molar-refractivity contribution is 0.0640. The van der Waals surface area contributed by atoms with E-state index in [9.17, 15) is 9.59 Å². The van der Waals surface area contributed by atoms with Crippen molar-refractivity contribution in [1.29, 1.82) is 0 Å². The number of epoxide rings is 1. The molecular weight excluding hydrogens is 422 g/mol. The Morgan fingerprint density at radius 3 is 1.44 bits per heavy atom. The molecule has 0 N–H and O–H groups in total. The first-order valence-corrected chi connectivity index (χ1v) is 11.5. The van der Waals surface area contributed by atoms with Gasteiger partial charge < -0.3 is 4.74 Å². The Kier molecular flexibility index (Phi) is 4.71. The Bertz CT molecular complexity index is 1290. The fourth-order valence-corrected chi connectivity index (χ4v) is 5.38. The molecule has 4 heteroatoms. The highest BCUT2D eigenvalue weighted by Crippen LogP contribution is 2.67. The van der Waals surface area contributed by atoms with E-state index in [1.807, 2.05) is 54.6 Å². The van der Waals surface area contributed by atoms with Gasteiger partial charge in [0, 0.05) is 13.0 Å². The van der Waals surface area contributed by atoms with E-state index >= 15 is 0 Å². The molecule has 2 aliphatic heterocycles. The van der Waals surface area contributed by atoms with E-state index in [0.717, 1.165) is 16.7 Å². The molecule has 166 valence electrons. The fourth-order valence-electron chi connectivity index (χ4n) is 5.38. The van der Waals surface area contributed by atoms with Gasteiger partial charge >= 0.3 is 0 Å². The molecule has 4 aromatic rings. The standard InChI is InChI=1S/C30H23NO3/c32-27-25-18-10-11-19-26(25)28(33)31(27)21-20-29(22-12-4-1-5-13-22)30(34-29,23-14-6-2-7-15-23)24-16-8-3-9-17-24/h1-19H,20-21H2. The number of imide groups is 1. The molecule has 2 amide bonds. The maximum absolute atomic E-state index is 13.0. The van der Waals surface area contributed by atoms with Crippen molar-refractivity contribution in [2.45, 2.75) is 17.6 Å². The summed E-state index contributed by atoms with van der Waals surface area (Å²) < 4.78 is 6.81. The lowest BCUT2D eigenvalue weighted by atomic mass is 9.75. The summed E-state index contributed by atoms with van der Waals surface area (Å²) in [7, 11) is 0. The molecule has 0 spiro atoms. The number of benzene rings is 4. The zero-order chi connectivity index (χ0) is 23.2. The molecular formula is C30H23NO3. The number of amides is 2. The van der Waals surface area contributed by atoms with E-state index in [-0.39, 0.29) is 18.4 Å². The van der Waals surface area contributed by atoms with Gasteiger partial charge in [0.25, 0.3) is 11.8 Å². The van der Waals surface area contributed by atoms with Crippen LogP contribution in [0.4, 0.5) is 0 Å². The number of ether oxygens (including phenoxy) is 1. The first-order chi connectivity index (χ1) is 16.7. The van der Waals surface area contributed by atoms with Gasteiger partial charge in [-0.1, -0.05) is 103 Å².